The van der Waals surface area contributed by atoms with Gasteiger partial charge in [-0.25, -0.2) is 4.79 Å². The number of methoxy groups -OCH3 is 1. The van der Waals surface area contributed by atoms with E-state index in [-0.39, 0.29) is 24.5 Å². The smallest absolute Gasteiger partial charge is 0.334 e. The van der Waals surface area contributed by atoms with Crippen molar-refractivity contribution in [1.29, 1.82) is 0 Å². The molecule has 0 aromatic carbocycles. The average Bonchev–Trinajstić information content (AvgIpc) is 2.42. The van der Waals surface area contributed by atoms with E-state index in [2.05, 4.69) is 4.74 Å². The fraction of sp³-hybridized carbons (Fsp3) is 0.600. The zero-order chi connectivity index (χ0) is 10.7. The van der Waals surface area contributed by atoms with E-state index < -0.39 is 0 Å². The third kappa shape index (κ3) is 2.13. The van der Waals surface area contributed by atoms with Crippen molar-refractivity contribution in [2.75, 3.05) is 7.11 Å². The first-order valence-corrected chi connectivity index (χ1v) is 4.51. The molecule has 4 nitrogen and oxygen atoms in total. The van der Waals surface area contributed by atoms with Crippen LogP contribution in [0.15, 0.2) is 11.1 Å². The summed E-state index contributed by atoms with van der Waals surface area (Å²) in [7, 11) is 1.34. The summed E-state index contributed by atoms with van der Waals surface area (Å²) in [5.41, 5.74) is 1.57. The van der Waals surface area contributed by atoms with Crippen molar-refractivity contribution in [3.05, 3.63) is 11.1 Å². The van der Waals surface area contributed by atoms with Crippen molar-refractivity contribution in [3.63, 3.8) is 0 Å². The van der Waals surface area contributed by atoms with Crippen molar-refractivity contribution in [3.8, 4) is 0 Å². The molecule has 0 amide bonds. The molecule has 78 valence electrons. The molecule has 0 N–H and O–H groups in total. The number of rotatable bonds is 3. The highest BCUT2D eigenvalue weighted by molar-refractivity contribution is 5.91. The van der Waals surface area contributed by atoms with Crippen molar-refractivity contribution >= 4 is 11.9 Å². The molecule has 0 unspecified atom stereocenters. The fourth-order valence-electron chi connectivity index (χ4n) is 1.33. The quantitative estimate of drug-likeness (QED) is 0.639. The zero-order valence-corrected chi connectivity index (χ0v) is 8.62. The van der Waals surface area contributed by atoms with Gasteiger partial charge in [0.15, 0.2) is 0 Å². The monoisotopic (exact) mass is 198 g/mol. The molecule has 1 aliphatic rings. The third-order valence-corrected chi connectivity index (χ3v) is 2.47. The molecular formula is C10H14O4. The summed E-state index contributed by atoms with van der Waals surface area (Å²) in [4.78, 5) is 22.0. The Labute approximate surface area is 82.9 Å². The molecule has 1 rings (SSSR count). The average molecular weight is 198 g/mol. The molecule has 0 fully saturated rings. The number of carbonyl (C=O) groups excluding carboxylic acids is 2. The Balaban J connectivity index is 2.49. The number of hydrogen-bond donors (Lipinski definition) is 0. The SMILES string of the molecule is COC(=O)CC[C@H]1OC(=O)C(C)=C1C. The van der Waals surface area contributed by atoms with E-state index in [1.807, 2.05) is 6.92 Å². The van der Waals surface area contributed by atoms with Crippen LogP contribution in [-0.2, 0) is 19.1 Å². The summed E-state index contributed by atoms with van der Waals surface area (Å²) in [6.07, 6.45) is 0.530. The minimum Gasteiger partial charge on any atom is -0.469 e. The normalized spacial score (nSPS) is 21.1. The van der Waals surface area contributed by atoms with Gasteiger partial charge in [0.05, 0.1) is 7.11 Å². The Hall–Kier alpha value is -1.32. The van der Waals surface area contributed by atoms with Crippen LogP contribution in [0.25, 0.3) is 0 Å². The van der Waals surface area contributed by atoms with Gasteiger partial charge in [0, 0.05) is 12.0 Å². The van der Waals surface area contributed by atoms with Gasteiger partial charge >= 0.3 is 11.9 Å². The van der Waals surface area contributed by atoms with Gasteiger partial charge in [-0.2, -0.15) is 0 Å². The van der Waals surface area contributed by atoms with Gasteiger partial charge in [-0.3, -0.25) is 4.79 Å². The van der Waals surface area contributed by atoms with Gasteiger partial charge in [-0.1, -0.05) is 0 Å². The number of cyclic esters (lactones) is 1. The first-order chi connectivity index (χ1) is 6.56. The van der Waals surface area contributed by atoms with Crippen LogP contribution >= 0.6 is 0 Å². The molecule has 1 atom stereocenters. The maximum absolute atomic E-state index is 11.1. The van der Waals surface area contributed by atoms with Crippen LogP contribution in [0.4, 0.5) is 0 Å². The van der Waals surface area contributed by atoms with E-state index in [1.165, 1.54) is 7.11 Å². The molecule has 1 aliphatic heterocycles. The number of esters is 2. The van der Waals surface area contributed by atoms with Gasteiger partial charge in [0.25, 0.3) is 0 Å². The molecule has 4 heteroatoms. The lowest BCUT2D eigenvalue weighted by Crippen LogP contribution is -2.13. The third-order valence-electron chi connectivity index (χ3n) is 2.47. The van der Waals surface area contributed by atoms with Crippen LogP contribution in [-0.4, -0.2) is 25.2 Å². The van der Waals surface area contributed by atoms with Crippen LogP contribution in [0, 0.1) is 0 Å². The van der Waals surface area contributed by atoms with Gasteiger partial charge < -0.3 is 9.47 Å². The predicted molar refractivity (Wildman–Crippen MR) is 49.5 cm³/mol. The summed E-state index contributed by atoms with van der Waals surface area (Å²) < 4.78 is 9.56. The standard InChI is InChI=1S/C10H14O4/c1-6-7(2)10(12)14-8(6)4-5-9(11)13-3/h8H,4-5H2,1-3H3/t8-/m1/s1. The Morgan fingerprint density at radius 3 is 2.57 bits per heavy atom. The maximum atomic E-state index is 11.1. The number of ether oxygens (including phenoxy) is 2. The molecule has 0 saturated carbocycles. The molecule has 14 heavy (non-hydrogen) atoms. The fourth-order valence-corrected chi connectivity index (χ4v) is 1.33. The minimum atomic E-state index is -0.280. The second-order valence-electron chi connectivity index (χ2n) is 3.32. The highest BCUT2D eigenvalue weighted by Gasteiger charge is 2.28. The Morgan fingerprint density at radius 1 is 1.50 bits per heavy atom. The van der Waals surface area contributed by atoms with Crippen LogP contribution in [0.1, 0.15) is 26.7 Å². The maximum Gasteiger partial charge on any atom is 0.334 e. The van der Waals surface area contributed by atoms with Gasteiger partial charge in [0.1, 0.15) is 6.10 Å². The van der Waals surface area contributed by atoms with Gasteiger partial charge in [-0.05, 0) is 25.8 Å². The molecule has 1 heterocycles. The Morgan fingerprint density at radius 2 is 2.14 bits per heavy atom. The number of hydrogen-bond acceptors (Lipinski definition) is 4. The molecule has 0 aromatic rings. The van der Waals surface area contributed by atoms with Crippen molar-refractivity contribution in [2.24, 2.45) is 0 Å². The lowest BCUT2D eigenvalue weighted by molar-refractivity contribution is -0.144. The predicted octanol–water partition coefficient (Wildman–Crippen LogP) is 1.20. The summed E-state index contributed by atoms with van der Waals surface area (Å²) in [5, 5.41) is 0. The van der Waals surface area contributed by atoms with E-state index in [9.17, 15) is 9.59 Å². The molecular weight excluding hydrogens is 184 g/mol. The van der Waals surface area contributed by atoms with Gasteiger partial charge in [0.2, 0.25) is 0 Å². The first-order valence-electron chi connectivity index (χ1n) is 4.51. The highest BCUT2D eigenvalue weighted by Crippen LogP contribution is 2.24. The second-order valence-corrected chi connectivity index (χ2v) is 3.32. The van der Waals surface area contributed by atoms with Crippen molar-refractivity contribution < 1.29 is 19.1 Å². The lowest BCUT2D eigenvalue weighted by atomic mass is 10.0. The summed E-state index contributed by atoms with van der Waals surface area (Å²) in [6.45, 7) is 3.58. The van der Waals surface area contributed by atoms with Crippen LogP contribution < -0.4 is 0 Å². The summed E-state index contributed by atoms with van der Waals surface area (Å²) in [6, 6.07) is 0. The summed E-state index contributed by atoms with van der Waals surface area (Å²) >= 11 is 0. The van der Waals surface area contributed by atoms with Crippen LogP contribution in [0.3, 0.4) is 0 Å². The van der Waals surface area contributed by atoms with Crippen LogP contribution in [0.2, 0.25) is 0 Å². The van der Waals surface area contributed by atoms with Crippen molar-refractivity contribution in [2.45, 2.75) is 32.8 Å². The summed E-state index contributed by atoms with van der Waals surface area (Å²) in [5.74, 6) is -0.559. The largest absolute Gasteiger partial charge is 0.469 e. The molecule has 0 saturated heterocycles. The topological polar surface area (TPSA) is 52.6 Å². The molecule has 0 aromatic heterocycles. The number of carbonyl (C=O) groups is 2. The molecule has 0 bridgehead atoms. The van der Waals surface area contributed by atoms with E-state index in [0.717, 1.165) is 5.57 Å². The molecule has 0 aliphatic carbocycles. The van der Waals surface area contributed by atoms with E-state index in [0.29, 0.717) is 12.0 Å². The molecule has 0 radical (unpaired) electrons. The van der Waals surface area contributed by atoms with E-state index in [4.69, 9.17) is 4.74 Å². The van der Waals surface area contributed by atoms with E-state index in [1.54, 1.807) is 6.92 Å². The Bertz CT molecular complexity index is 290. The lowest BCUT2D eigenvalue weighted by Gasteiger charge is -2.09. The van der Waals surface area contributed by atoms with Crippen molar-refractivity contribution in [1.82, 2.24) is 0 Å². The Kier molecular flexibility index (Phi) is 3.28. The second kappa shape index (κ2) is 4.26. The highest BCUT2D eigenvalue weighted by atomic mass is 16.5. The molecule has 0 spiro atoms. The zero-order valence-electron chi connectivity index (χ0n) is 8.62. The minimum absolute atomic E-state index is 0.249. The first kappa shape index (κ1) is 10.8. The van der Waals surface area contributed by atoms with Gasteiger partial charge in [-0.15, -0.1) is 0 Å². The van der Waals surface area contributed by atoms with E-state index >= 15 is 0 Å². The van der Waals surface area contributed by atoms with Crippen LogP contribution in [0.5, 0.6) is 0 Å².